The molecule has 0 aliphatic carbocycles. The number of rotatable bonds is 5. The number of methoxy groups -OCH3 is 2. The van der Waals surface area contributed by atoms with Gasteiger partial charge in [0.25, 0.3) is 0 Å². The number of hydrogen-bond donors (Lipinski definition) is 1. The number of ether oxygens (including phenoxy) is 2. The smallest absolute Gasteiger partial charge is 0.183 e. The van der Waals surface area contributed by atoms with Crippen LogP contribution in [0.4, 0.5) is 5.69 Å². The zero-order valence-electron chi connectivity index (χ0n) is 10.8. The average molecular weight is 426 g/mol. The molecule has 0 unspecified atom stereocenters. The molecule has 7 heteroatoms. The van der Waals surface area contributed by atoms with Crippen molar-refractivity contribution in [1.29, 1.82) is 0 Å². The van der Waals surface area contributed by atoms with Gasteiger partial charge in [0.2, 0.25) is 0 Å². The SMILES string of the molecule is COc1cc(Cl)c(NCc2cc(Br)c(Br)o2)cc1OC. The van der Waals surface area contributed by atoms with E-state index in [2.05, 4.69) is 37.2 Å². The van der Waals surface area contributed by atoms with Gasteiger partial charge in [-0.2, -0.15) is 0 Å². The second-order valence-corrected chi connectivity index (χ2v) is 5.86. The molecule has 0 amide bonds. The standard InChI is InChI=1S/C13H12Br2ClNO3/c1-18-11-4-9(16)10(5-12(11)19-2)17-6-7-3-8(14)13(15)20-7/h3-5,17H,6H2,1-2H3. The Morgan fingerprint density at radius 3 is 2.35 bits per heavy atom. The third kappa shape index (κ3) is 3.42. The molecule has 1 N–H and O–H groups in total. The molecule has 1 aromatic heterocycles. The molecule has 2 aromatic rings. The lowest BCUT2D eigenvalue weighted by Crippen LogP contribution is -2.00. The lowest BCUT2D eigenvalue weighted by atomic mass is 10.2. The van der Waals surface area contributed by atoms with E-state index in [9.17, 15) is 0 Å². The van der Waals surface area contributed by atoms with Crippen LogP contribution in [0.1, 0.15) is 5.76 Å². The lowest BCUT2D eigenvalue weighted by molar-refractivity contribution is 0.355. The van der Waals surface area contributed by atoms with Crippen molar-refractivity contribution in [3.63, 3.8) is 0 Å². The van der Waals surface area contributed by atoms with Crippen LogP contribution in [0.5, 0.6) is 11.5 Å². The molecule has 0 atom stereocenters. The van der Waals surface area contributed by atoms with Crippen molar-refractivity contribution in [2.45, 2.75) is 6.54 Å². The fourth-order valence-corrected chi connectivity index (χ4v) is 2.53. The Kier molecular flexibility index (Phi) is 5.23. The summed E-state index contributed by atoms with van der Waals surface area (Å²) in [5.41, 5.74) is 0.743. The third-order valence-corrected chi connectivity index (χ3v) is 4.65. The summed E-state index contributed by atoms with van der Waals surface area (Å²) in [5, 5.41) is 3.74. The van der Waals surface area contributed by atoms with Crippen LogP contribution in [-0.4, -0.2) is 14.2 Å². The van der Waals surface area contributed by atoms with Gasteiger partial charge in [0.1, 0.15) is 5.76 Å². The molecule has 20 heavy (non-hydrogen) atoms. The Hall–Kier alpha value is -0.850. The van der Waals surface area contributed by atoms with E-state index in [0.29, 0.717) is 27.7 Å². The summed E-state index contributed by atoms with van der Waals surface area (Å²) in [6, 6.07) is 5.37. The highest BCUT2D eigenvalue weighted by Crippen LogP contribution is 2.36. The van der Waals surface area contributed by atoms with Crippen LogP contribution in [-0.2, 0) is 6.54 Å². The van der Waals surface area contributed by atoms with E-state index in [1.165, 1.54) is 0 Å². The van der Waals surface area contributed by atoms with Gasteiger partial charge in [0, 0.05) is 12.1 Å². The predicted molar refractivity (Wildman–Crippen MR) is 86.0 cm³/mol. The fourth-order valence-electron chi connectivity index (χ4n) is 1.65. The zero-order valence-corrected chi connectivity index (χ0v) is 14.7. The monoisotopic (exact) mass is 423 g/mol. The fraction of sp³-hybridized carbons (Fsp3) is 0.231. The summed E-state index contributed by atoms with van der Waals surface area (Å²) in [6.45, 7) is 0.499. The van der Waals surface area contributed by atoms with E-state index in [-0.39, 0.29) is 0 Å². The number of nitrogens with one attached hydrogen (secondary N) is 1. The predicted octanol–water partition coefficient (Wildman–Crippen LogP) is 5.09. The first-order valence-electron chi connectivity index (χ1n) is 5.64. The van der Waals surface area contributed by atoms with Gasteiger partial charge in [-0.05, 0) is 37.9 Å². The molecule has 1 aromatic carbocycles. The van der Waals surface area contributed by atoms with E-state index in [0.717, 1.165) is 15.9 Å². The van der Waals surface area contributed by atoms with E-state index in [4.69, 9.17) is 25.5 Å². The number of hydrogen-bond acceptors (Lipinski definition) is 4. The van der Waals surface area contributed by atoms with Crippen molar-refractivity contribution >= 4 is 49.1 Å². The van der Waals surface area contributed by atoms with Gasteiger partial charge in [0.05, 0.1) is 35.9 Å². The maximum Gasteiger partial charge on any atom is 0.183 e. The third-order valence-electron chi connectivity index (χ3n) is 2.62. The molecular formula is C13H12Br2ClNO3. The Morgan fingerprint density at radius 2 is 1.80 bits per heavy atom. The number of benzene rings is 1. The van der Waals surface area contributed by atoms with Crippen LogP contribution >= 0.6 is 43.5 Å². The largest absolute Gasteiger partial charge is 0.493 e. The topological polar surface area (TPSA) is 43.6 Å². The summed E-state index contributed by atoms with van der Waals surface area (Å²) >= 11 is 12.9. The van der Waals surface area contributed by atoms with Crippen molar-refractivity contribution in [3.05, 3.63) is 38.1 Å². The number of halogens is 3. The second kappa shape index (κ2) is 6.74. The molecule has 0 bridgehead atoms. The van der Waals surface area contributed by atoms with Crippen molar-refractivity contribution < 1.29 is 13.9 Å². The van der Waals surface area contributed by atoms with Crippen molar-refractivity contribution in [1.82, 2.24) is 0 Å². The second-order valence-electron chi connectivity index (χ2n) is 3.87. The summed E-state index contributed by atoms with van der Waals surface area (Å²) in [4.78, 5) is 0. The molecule has 0 saturated carbocycles. The zero-order chi connectivity index (χ0) is 14.7. The van der Waals surface area contributed by atoms with Gasteiger partial charge in [-0.3, -0.25) is 0 Å². The molecule has 0 saturated heterocycles. The Bertz CT molecular complexity index is 596. The van der Waals surface area contributed by atoms with Crippen LogP contribution in [0.25, 0.3) is 0 Å². The quantitative estimate of drug-likeness (QED) is 0.725. The molecule has 0 aliphatic rings. The molecule has 0 aliphatic heterocycles. The summed E-state index contributed by atoms with van der Waals surface area (Å²) in [6.07, 6.45) is 0. The Morgan fingerprint density at radius 1 is 1.15 bits per heavy atom. The van der Waals surface area contributed by atoms with Crippen LogP contribution in [0.2, 0.25) is 5.02 Å². The van der Waals surface area contributed by atoms with E-state index < -0.39 is 0 Å². The molecular weight excluding hydrogens is 413 g/mol. The summed E-state index contributed by atoms with van der Waals surface area (Å²) in [7, 11) is 3.15. The maximum absolute atomic E-state index is 6.19. The minimum atomic E-state index is 0.499. The van der Waals surface area contributed by atoms with Crippen molar-refractivity contribution in [2.24, 2.45) is 0 Å². The maximum atomic E-state index is 6.19. The lowest BCUT2D eigenvalue weighted by Gasteiger charge is -2.12. The van der Waals surface area contributed by atoms with Crippen LogP contribution < -0.4 is 14.8 Å². The van der Waals surface area contributed by atoms with E-state index in [1.54, 1.807) is 26.4 Å². The molecule has 0 fully saturated rings. The molecule has 4 nitrogen and oxygen atoms in total. The van der Waals surface area contributed by atoms with Crippen LogP contribution in [0.15, 0.2) is 31.8 Å². The highest BCUT2D eigenvalue weighted by Gasteiger charge is 2.11. The van der Waals surface area contributed by atoms with Crippen molar-refractivity contribution in [2.75, 3.05) is 19.5 Å². The van der Waals surface area contributed by atoms with E-state index >= 15 is 0 Å². The highest BCUT2D eigenvalue weighted by molar-refractivity contribution is 9.13. The molecule has 2 rings (SSSR count). The van der Waals surface area contributed by atoms with Crippen LogP contribution in [0, 0.1) is 0 Å². The minimum Gasteiger partial charge on any atom is -0.493 e. The molecule has 0 spiro atoms. The van der Waals surface area contributed by atoms with Gasteiger partial charge >= 0.3 is 0 Å². The first-order chi connectivity index (χ1) is 9.55. The van der Waals surface area contributed by atoms with Gasteiger partial charge in [-0.25, -0.2) is 0 Å². The highest BCUT2D eigenvalue weighted by atomic mass is 79.9. The van der Waals surface area contributed by atoms with Gasteiger partial charge in [-0.15, -0.1) is 0 Å². The van der Waals surface area contributed by atoms with Gasteiger partial charge < -0.3 is 19.2 Å². The Balaban J connectivity index is 2.16. The first-order valence-corrected chi connectivity index (χ1v) is 7.60. The van der Waals surface area contributed by atoms with E-state index in [1.807, 2.05) is 6.07 Å². The normalized spacial score (nSPS) is 10.4. The molecule has 0 radical (unpaired) electrons. The minimum absolute atomic E-state index is 0.499. The average Bonchev–Trinajstić information content (AvgIpc) is 2.76. The van der Waals surface area contributed by atoms with Crippen molar-refractivity contribution in [3.8, 4) is 11.5 Å². The summed E-state index contributed by atoms with van der Waals surface area (Å²) < 4.78 is 17.4. The number of anilines is 1. The van der Waals surface area contributed by atoms with Gasteiger partial charge in [0.15, 0.2) is 16.2 Å². The Labute approximate surface area is 138 Å². The van der Waals surface area contributed by atoms with Crippen LogP contribution in [0.3, 0.4) is 0 Å². The summed E-state index contributed by atoms with van der Waals surface area (Å²) in [5.74, 6) is 1.97. The van der Waals surface area contributed by atoms with Gasteiger partial charge in [-0.1, -0.05) is 11.6 Å². The number of furan rings is 1. The first kappa shape index (κ1) is 15.5. The molecule has 108 valence electrons. The molecule has 1 heterocycles.